The van der Waals surface area contributed by atoms with Crippen molar-refractivity contribution in [2.45, 2.75) is 13.0 Å². The average molecular weight is 417 g/mol. The highest BCUT2D eigenvalue weighted by molar-refractivity contribution is 5.97. The Labute approximate surface area is 184 Å². The molecular weight excluding hydrogens is 386 g/mol. The van der Waals surface area contributed by atoms with E-state index in [1.807, 2.05) is 55.5 Å². The van der Waals surface area contributed by atoms with E-state index >= 15 is 0 Å². The van der Waals surface area contributed by atoms with Gasteiger partial charge in [-0.2, -0.15) is 0 Å². The van der Waals surface area contributed by atoms with Crippen molar-refractivity contribution in [2.75, 3.05) is 43.5 Å². The highest BCUT2D eigenvalue weighted by atomic mass is 16.5. The Morgan fingerprint density at radius 1 is 0.935 bits per heavy atom. The fourth-order valence-corrected chi connectivity index (χ4v) is 4.17. The van der Waals surface area contributed by atoms with Crippen LogP contribution in [-0.2, 0) is 4.79 Å². The van der Waals surface area contributed by atoms with Crippen molar-refractivity contribution >= 4 is 17.3 Å². The molecule has 0 radical (unpaired) electrons. The third kappa shape index (κ3) is 4.89. The van der Waals surface area contributed by atoms with Gasteiger partial charge in [0.05, 0.1) is 33.3 Å². The number of ether oxygens (including phenoxy) is 1. The van der Waals surface area contributed by atoms with Crippen molar-refractivity contribution in [2.24, 2.45) is 0 Å². The van der Waals surface area contributed by atoms with Gasteiger partial charge in [0.25, 0.3) is 5.91 Å². The van der Waals surface area contributed by atoms with E-state index in [1.165, 1.54) is 10.6 Å². The van der Waals surface area contributed by atoms with Crippen molar-refractivity contribution in [3.63, 3.8) is 0 Å². The molecule has 3 aromatic rings. The molecule has 1 atom stereocenters. The lowest BCUT2D eigenvalue weighted by Gasteiger charge is -2.36. The number of amides is 1. The van der Waals surface area contributed by atoms with Crippen molar-refractivity contribution < 1.29 is 14.4 Å². The van der Waals surface area contributed by atoms with Gasteiger partial charge in [0, 0.05) is 16.9 Å². The van der Waals surface area contributed by atoms with Crippen LogP contribution in [0, 0.1) is 0 Å². The lowest BCUT2D eigenvalue weighted by atomic mass is 10.0. The molecule has 1 amide bonds. The monoisotopic (exact) mass is 416 g/mol. The summed E-state index contributed by atoms with van der Waals surface area (Å²) < 4.78 is 5.25. The largest absolute Gasteiger partial charge is 0.497 e. The van der Waals surface area contributed by atoms with Gasteiger partial charge in [0.1, 0.15) is 5.75 Å². The molecule has 4 rings (SSSR count). The maximum Gasteiger partial charge on any atom is 0.282 e. The lowest BCUT2D eigenvalue weighted by Crippen LogP contribution is -3.19. The van der Waals surface area contributed by atoms with Crippen LogP contribution in [-0.4, -0.2) is 45.2 Å². The Bertz CT molecular complexity index is 997. The van der Waals surface area contributed by atoms with E-state index in [0.29, 0.717) is 0 Å². The molecule has 1 heterocycles. The van der Waals surface area contributed by atoms with Gasteiger partial charge in [0.2, 0.25) is 0 Å². The normalized spacial score (nSPS) is 15.4. The molecule has 1 aliphatic rings. The number of piperazine rings is 1. The topological polar surface area (TPSA) is 46.0 Å². The third-order valence-electron chi connectivity index (χ3n) is 6.12. The van der Waals surface area contributed by atoms with Crippen LogP contribution in [0.5, 0.6) is 5.75 Å². The number of benzene rings is 3. The highest BCUT2D eigenvalue weighted by Crippen LogP contribution is 2.27. The van der Waals surface area contributed by atoms with E-state index < -0.39 is 0 Å². The van der Waals surface area contributed by atoms with Gasteiger partial charge in [-0.1, -0.05) is 48.5 Å². The summed E-state index contributed by atoms with van der Waals surface area (Å²) in [4.78, 5) is 16.8. The van der Waals surface area contributed by atoms with E-state index in [1.54, 1.807) is 7.11 Å². The summed E-state index contributed by atoms with van der Waals surface area (Å²) in [6, 6.07) is 26.2. The second-order valence-electron chi connectivity index (χ2n) is 7.97. The number of hydrogen-bond donors (Lipinski definition) is 2. The van der Waals surface area contributed by atoms with E-state index in [4.69, 9.17) is 4.74 Å². The van der Waals surface area contributed by atoms with Gasteiger partial charge in [-0.25, -0.2) is 0 Å². The number of nitrogens with zero attached hydrogens (tertiary/aromatic N) is 1. The Morgan fingerprint density at radius 2 is 1.58 bits per heavy atom. The Kier molecular flexibility index (Phi) is 6.53. The summed E-state index contributed by atoms with van der Waals surface area (Å²) in [6.07, 6.45) is 0. The zero-order chi connectivity index (χ0) is 21.6. The van der Waals surface area contributed by atoms with Crippen molar-refractivity contribution in [3.05, 3.63) is 78.9 Å². The highest BCUT2D eigenvalue weighted by Gasteiger charge is 2.29. The molecule has 1 fully saturated rings. The summed E-state index contributed by atoms with van der Waals surface area (Å²) >= 11 is 0. The van der Waals surface area contributed by atoms with Crippen molar-refractivity contribution in [3.8, 4) is 16.9 Å². The van der Waals surface area contributed by atoms with Gasteiger partial charge < -0.3 is 19.9 Å². The van der Waals surface area contributed by atoms with Crippen molar-refractivity contribution in [1.82, 2.24) is 0 Å². The zero-order valence-electron chi connectivity index (χ0n) is 18.2. The fourth-order valence-electron chi connectivity index (χ4n) is 4.17. The molecule has 5 nitrogen and oxygen atoms in total. The second kappa shape index (κ2) is 9.67. The van der Waals surface area contributed by atoms with Gasteiger partial charge in [-0.3, -0.25) is 4.79 Å². The molecule has 1 saturated heterocycles. The number of carbonyl (C=O) groups excluding carboxylic acids is 1. The molecule has 0 bridgehead atoms. The number of para-hydroxylation sites is 1. The first-order valence-corrected chi connectivity index (χ1v) is 10.8. The van der Waals surface area contributed by atoms with E-state index in [2.05, 4.69) is 40.5 Å². The summed E-state index contributed by atoms with van der Waals surface area (Å²) in [5.74, 6) is 0.936. The van der Waals surface area contributed by atoms with Gasteiger partial charge >= 0.3 is 0 Å². The summed E-state index contributed by atoms with van der Waals surface area (Å²) in [5, 5.41) is 3.17. The average Bonchev–Trinajstić information content (AvgIpc) is 2.84. The minimum absolute atomic E-state index is 0.0660. The van der Waals surface area contributed by atoms with Crippen LogP contribution in [0.2, 0.25) is 0 Å². The number of quaternary nitrogens is 1. The fraction of sp³-hybridized carbons (Fsp3) is 0.269. The van der Waals surface area contributed by atoms with Crippen LogP contribution in [0.15, 0.2) is 78.9 Å². The maximum atomic E-state index is 13.1. The second-order valence-corrected chi connectivity index (χ2v) is 7.97. The molecule has 0 aliphatic carbocycles. The first-order valence-electron chi connectivity index (χ1n) is 10.8. The Morgan fingerprint density at radius 3 is 2.26 bits per heavy atom. The predicted molar refractivity (Wildman–Crippen MR) is 126 cm³/mol. The number of anilines is 2. The molecule has 0 aromatic heterocycles. The number of hydrogen-bond acceptors (Lipinski definition) is 3. The minimum atomic E-state index is -0.109. The third-order valence-corrected chi connectivity index (χ3v) is 6.12. The molecular formula is C26H30N3O2+. The van der Waals surface area contributed by atoms with E-state index in [9.17, 15) is 4.79 Å². The first kappa shape index (κ1) is 20.9. The summed E-state index contributed by atoms with van der Waals surface area (Å²) in [5.41, 5.74) is 4.21. The predicted octanol–water partition coefficient (Wildman–Crippen LogP) is 3.09. The van der Waals surface area contributed by atoms with Gasteiger partial charge in [0.15, 0.2) is 6.04 Å². The van der Waals surface area contributed by atoms with Crippen LogP contribution in [0.25, 0.3) is 11.1 Å². The molecule has 2 N–H and O–H groups in total. The van der Waals surface area contributed by atoms with Crippen LogP contribution in [0.3, 0.4) is 0 Å². The molecule has 31 heavy (non-hydrogen) atoms. The molecule has 0 unspecified atom stereocenters. The quantitative estimate of drug-likeness (QED) is 0.649. The number of nitrogens with one attached hydrogen (secondary N) is 2. The minimum Gasteiger partial charge on any atom is -0.497 e. The molecule has 3 aromatic carbocycles. The number of methoxy groups -OCH3 is 1. The van der Waals surface area contributed by atoms with Gasteiger partial charge in [-0.15, -0.1) is 0 Å². The van der Waals surface area contributed by atoms with Crippen LogP contribution >= 0.6 is 0 Å². The smallest absolute Gasteiger partial charge is 0.282 e. The maximum absolute atomic E-state index is 13.1. The Hall–Kier alpha value is -3.31. The lowest BCUT2D eigenvalue weighted by molar-refractivity contribution is -0.914. The van der Waals surface area contributed by atoms with Crippen molar-refractivity contribution in [1.29, 1.82) is 0 Å². The SMILES string of the molecule is COc1ccc(N2CC[NH+]([C@H](C)C(=O)Nc3ccccc3-c3ccccc3)CC2)cc1. The molecule has 5 heteroatoms. The molecule has 0 spiro atoms. The summed E-state index contributed by atoms with van der Waals surface area (Å²) in [7, 11) is 1.68. The van der Waals surface area contributed by atoms with Crippen LogP contribution in [0.4, 0.5) is 11.4 Å². The molecule has 1 aliphatic heterocycles. The number of rotatable bonds is 6. The van der Waals surface area contributed by atoms with Crippen LogP contribution < -0.4 is 19.9 Å². The molecule has 160 valence electrons. The van der Waals surface area contributed by atoms with E-state index in [0.717, 1.165) is 48.7 Å². The Balaban J connectivity index is 1.37. The van der Waals surface area contributed by atoms with E-state index in [-0.39, 0.29) is 11.9 Å². The standard InChI is InChI=1S/C26H29N3O2/c1-20(28-16-18-29(19-17-28)22-12-14-23(31-2)15-13-22)26(30)27-25-11-7-6-10-24(25)21-8-4-3-5-9-21/h3-15,20H,16-19H2,1-2H3,(H,27,30)/p+1/t20-/m1/s1. The number of carbonyl (C=O) groups is 1. The zero-order valence-corrected chi connectivity index (χ0v) is 18.2. The van der Waals surface area contributed by atoms with Gasteiger partial charge in [-0.05, 0) is 42.8 Å². The first-order chi connectivity index (χ1) is 15.2. The van der Waals surface area contributed by atoms with Crippen LogP contribution in [0.1, 0.15) is 6.92 Å². The molecule has 0 saturated carbocycles. The summed E-state index contributed by atoms with van der Waals surface area (Å²) in [6.45, 7) is 5.75.